The molecule has 1 aromatic heterocycles. The SMILES string of the molecule is CC#CCOc1ccc(S(=O)(=O)NC(Cc2cn(CC(C)C)c3ccc(C)cc23)C(=O)O)cc1. The van der Waals surface area contributed by atoms with Gasteiger partial charge in [-0.15, -0.1) is 5.92 Å². The Labute approximate surface area is 200 Å². The molecule has 3 aromatic rings. The summed E-state index contributed by atoms with van der Waals surface area (Å²) in [6, 6.07) is 10.5. The van der Waals surface area contributed by atoms with Crippen LogP contribution in [0.5, 0.6) is 5.75 Å². The van der Waals surface area contributed by atoms with Crippen molar-refractivity contribution in [3.8, 4) is 17.6 Å². The Hall–Kier alpha value is -3.28. The van der Waals surface area contributed by atoms with E-state index < -0.39 is 22.0 Å². The lowest BCUT2D eigenvalue weighted by atomic mass is 10.0. The van der Waals surface area contributed by atoms with Gasteiger partial charge in [-0.1, -0.05) is 31.4 Å². The molecule has 0 saturated carbocycles. The summed E-state index contributed by atoms with van der Waals surface area (Å²) in [5.41, 5.74) is 2.84. The molecule has 1 atom stereocenters. The van der Waals surface area contributed by atoms with E-state index in [1.54, 1.807) is 6.92 Å². The largest absolute Gasteiger partial charge is 0.481 e. The molecule has 0 aliphatic rings. The Morgan fingerprint density at radius 1 is 1.18 bits per heavy atom. The van der Waals surface area contributed by atoms with E-state index in [0.29, 0.717) is 11.7 Å². The fourth-order valence-electron chi connectivity index (χ4n) is 3.75. The lowest BCUT2D eigenvalue weighted by molar-refractivity contribution is -0.138. The van der Waals surface area contributed by atoms with Crippen LogP contribution in [0, 0.1) is 24.7 Å². The number of benzene rings is 2. The number of nitrogens with zero attached hydrogens (tertiary/aromatic N) is 1. The van der Waals surface area contributed by atoms with E-state index in [4.69, 9.17) is 4.74 Å². The normalized spacial score (nSPS) is 12.4. The second-order valence-electron chi connectivity index (χ2n) is 8.62. The van der Waals surface area contributed by atoms with E-state index in [-0.39, 0.29) is 17.9 Å². The van der Waals surface area contributed by atoms with Gasteiger partial charge in [0.25, 0.3) is 0 Å². The molecule has 180 valence electrons. The maximum Gasteiger partial charge on any atom is 0.322 e. The highest BCUT2D eigenvalue weighted by molar-refractivity contribution is 7.89. The Bertz CT molecular complexity index is 1330. The first-order valence-corrected chi connectivity index (χ1v) is 12.5. The molecule has 0 aliphatic heterocycles. The van der Waals surface area contributed by atoms with Gasteiger partial charge in [-0.05, 0) is 61.7 Å². The van der Waals surface area contributed by atoms with E-state index in [9.17, 15) is 18.3 Å². The average molecular weight is 483 g/mol. The predicted octanol–water partition coefficient (Wildman–Crippen LogP) is 3.98. The Balaban J connectivity index is 1.85. The number of aliphatic carboxylic acids is 1. The molecule has 0 saturated heterocycles. The van der Waals surface area contributed by atoms with Gasteiger partial charge in [-0.25, -0.2) is 8.42 Å². The fraction of sp³-hybridized carbons (Fsp3) is 0.346. The molecular weight excluding hydrogens is 452 g/mol. The van der Waals surface area contributed by atoms with Crippen molar-refractivity contribution in [1.82, 2.24) is 9.29 Å². The molecule has 7 nitrogen and oxygen atoms in total. The van der Waals surface area contributed by atoms with Crippen LogP contribution in [0.25, 0.3) is 10.9 Å². The quantitative estimate of drug-likeness (QED) is 0.426. The first kappa shape index (κ1) is 25.3. The zero-order chi connectivity index (χ0) is 24.9. The highest BCUT2D eigenvalue weighted by Crippen LogP contribution is 2.26. The average Bonchev–Trinajstić information content (AvgIpc) is 3.09. The Morgan fingerprint density at radius 3 is 2.50 bits per heavy atom. The molecule has 34 heavy (non-hydrogen) atoms. The van der Waals surface area contributed by atoms with Crippen LogP contribution in [0.3, 0.4) is 0 Å². The number of rotatable bonds is 10. The summed E-state index contributed by atoms with van der Waals surface area (Å²) in [4.78, 5) is 12.0. The lowest BCUT2D eigenvalue weighted by Crippen LogP contribution is -2.42. The number of hydrogen-bond donors (Lipinski definition) is 2. The monoisotopic (exact) mass is 482 g/mol. The van der Waals surface area contributed by atoms with Crippen LogP contribution < -0.4 is 9.46 Å². The maximum atomic E-state index is 12.9. The lowest BCUT2D eigenvalue weighted by Gasteiger charge is -2.15. The molecule has 0 bridgehead atoms. The van der Waals surface area contributed by atoms with Crippen molar-refractivity contribution in [2.24, 2.45) is 5.92 Å². The molecule has 0 aliphatic carbocycles. The number of fused-ring (bicyclic) bond motifs is 1. The minimum absolute atomic E-state index is 0.0243. The minimum atomic E-state index is -4.06. The van der Waals surface area contributed by atoms with Crippen molar-refractivity contribution in [3.63, 3.8) is 0 Å². The van der Waals surface area contributed by atoms with Crippen LogP contribution >= 0.6 is 0 Å². The number of hydrogen-bond acceptors (Lipinski definition) is 4. The number of carboxylic acids is 1. The van der Waals surface area contributed by atoms with E-state index in [1.807, 2.05) is 31.3 Å². The second-order valence-corrected chi connectivity index (χ2v) is 10.3. The van der Waals surface area contributed by atoms with Crippen LogP contribution in [-0.2, 0) is 27.8 Å². The zero-order valence-electron chi connectivity index (χ0n) is 19.8. The molecule has 0 fully saturated rings. The molecule has 0 spiro atoms. The number of carboxylic acid groups (broad SMARTS) is 1. The van der Waals surface area contributed by atoms with E-state index >= 15 is 0 Å². The molecule has 3 rings (SSSR count). The summed E-state index contributed by atoms with van der Waals surface area (Å²) < 4.78 is 35.7. The summed E-state index contributed by atoms with van der Waals surface area (Å²) in [7, 11) is -4.06. The Morgan fingerprint density at radius 2 is 1.88 bits per heavy atom. The van der Waals surface area contributed by atoms with Crippen molar-refractivity contribution in [1.29, 1.82) is 0 Å². The zero-order valence-corrected chi connectivity index (χ0v) is 20.6. The molecule has 2 N–H and O–H groups in total. The summed E-state index contributed by atoms with van der Waals surface area (Å²) in [5, 5.41) is 10.8. The van der Waals surface area contributed by atoms with Crippen molar-refractivity contribution in [2.75, 3.05) is 6.61 Å². The van der Waals surface area contributed by atoms with Gasteiger partial charge in [-0.2, -0.15) is 4.72 Å². The fourth-order valence-corrected chi connectivity index (χ4v) is 4.94. The highest BCUT2D eigenvalue weighted by atomic mass is 32.2. The minimum Gasteiger partial charge on any atom is -0.481 e. The molecule has 1 heterocycles. The smallest absolute Gasteiger partial charge is 0.322 e. The van der Waals surface area contributed by atoms with Crippen molar-refractivity contribution >= 4 is 26.9 Å². The molecule has 0 radical (unpaired) electrons. The summed E-state index contributed by atoms with van der Waals surface area (Å²) in [5.74, 6) is 5.12. The highest BCUT2D eigenvalue weighted by Gasteiger charge is 2.27. The third-order valence-corrected chi connectivity index (χ3v) is 6.81. The topological polar surface area (TPSA) is 97.6 Å². The van der Waals surface area contributed by atoms with Crippen molar-refractivity contribution < 1.29 is 23.1 Å². The molecule has 2 aromatic carbocycles. The van der Waals surface area contributed by atoms with Gasteiger partial charge in [0.05, 0.1) is 4.90 Å². The van der Waals surface area contributed by atoms with Gasteiger partial charge >= 0.3 is 5.97 Å². The van der Waals surface area contributed by atoms with Crippen LogP contribution in [0.15, 0.2) is 53.6 Å². The standard InChI is InChI=1S/C26H30N2O5S/c1-5-6-13-33-21-8-10-22(11-9-21)34(31,32)27-24(26(29)30)15-20-17-28(16-18(2)3)25-12-7-19(4)14-23(20)25/h7-12,14,17-18,24,27H,13,15-16H2,1-4H3,(H,29,30). The molecule has 1 unspecified atom stereocenters. The third kappa shape index (κ3) is 6.19. The van der Waals surface area contributed by atoms with Gasteiger partial charge < -0.3 is 14.4 Å². The third-order valence-electron chi connectivity index (χ3n) is 5.32. The van der Waals surface area contributed by atoms with Gasteiger partial charge in [0.2, 0.25) is 10.0 Å². The van der Waals surface area contributed by atoms with Crippen molar-refractivity contribution in [3.05, 3.63) is 59.8 Å². The van der Waals surface area contributed by atoms with Gasteiger partial charge in [-0.3, -0.25) is 4.79 Å². The maximum absolute atomic E-state index is 12.9. The van der Waals surface area contributed by atoms with Crippen LogP contribution in [-0.4, -0.2) is 36.7 Å². The van der Waals surface area contributed by atoms with Crippen molar-refractivity contribution in [2.45, 2.75) is 51.6 Å². The summed E-state index contributed by atoms with van der Waals surface area (Å²) in [6.45, 7) is 8.88. The molecule has 0 amide bonds. The van der Waals surface area contributed by atoms with E-state index in [2.05, 4.69) is 35.0 Å². The van der Waals surface area contributed by atoms with Gasteiger partial charge in [0.15, 0.2) is 0 Å². The number of sulfonamides is 1. The van der Waals surface area contributed by atoms with E-state index in [0.717, 1.165) is 28.6 Å². The number of carbonyl (C=O) groups is 1. The first-order chi connectivity index (χ1) is 16.1. The van der Waals surface area contributed by atoms with Crippen LogP contribution in [0.2, 0.25) is 0 Å². The van der Waals surface area contributed by atoms with Gasteiger partial charge in [0, 0.05) is 30.1 Å². The number of aryl methyl sites for hydroxylation is 1. The predicted molar refractivity (Wildman–Crippen MR) is 132 cm³/mol. The van der Waals surface area contributed by atoms with E-state index in [1.165, 1.54) is 24.3 Å². The number of ether oxygens (including phenoxy) is 1. The first-order valence-electron chi connectivity index (χ1n) is 11.1. The number of aromatic nitrogens is 1. The van der Waals surface area contributed by atoms with Crippen LogP contribution in [0.4, 0.5) is 0 Å². The van der Waals surface area contributed by atoms with Gasteiger partial charge in [0.1, 0.15) is 18.4 Å². The van der Waals surface area contributed by atoms with Crippen LogP contribution in [0.1, 0.15) is 31.9 Å². The molecule has 8 heteroatoms. The molecular formula is C26H30N2O5S. The summed E-state index contributed by atoms with van der Waals surface area (Å²) in [6.07, 6.45) is 1.95. The number of nitrogens with one attached hydrogen (secondary N) is 1. The second kappa shape index (κ2) is 10.8. The summed E-state index contributed by atoms with van der Waals surface area (Å²) >= 11 is 0. The Kier molecular flexibility index (Phi) is 8.02.